The van der Waals surface area contributed by atoms with Crippen molar-refractivity contribution in [2.24, 2.45) is 0 Å². The van der Waals surface area contributed by atoms with Crippen molar-refractivity contribution >= 4 is 23.0 Å². The molecule has 1 aromatic carbocycles. The van der Waals surface area contributed by atoms with Crippen molar-refractivity contribution in [3.63, 3.8) is 0 Å². The Balaban J connectivity index is 0.00000210. The first kappa shape index (κ1) is 22.5. The van der Waals surface area contributed by atoms with Crippen molar-refractivity contribution in [2.75, 3.05) is 6.54 Å². The van der Waals surface area contributed by atoms with Crippen LogP contribution in [0.3, 0.4) is 0 Å². The number of hydrogen-bond acceptors (Lipinski definition) is 4. The van der Waals surface area contributed by atoms with E-state index in [0.29, 0.717) is 31.3 Å². The summed E-state index contributed by atoms with van der Waals surface area (Å²) in [4.78, 5) is 35.5. The van der Waals surface area contributed by atoms with Crippen LogP contribution in [-0.2, 0) is 24.1 Å². The van der Waals surface area contributed by atoms with Crippen LogP contribution in [0.4, 0.5) is 4.79 Å². The van der Waals surface area contributed by atoms with Crippen LogP contribution in [-0.4, -0.2) is 33.9 Å². The summed E-state index contributed by atoms with van der Waals surface area (Å²) in [6.07, 6.45) is 3.14. The van der Waals surface area contributed by atoms with E-state index >= 15 is 0 Å². The van der Waals surface area contributed by atoms with Gasteiger partial charge in [0.15, 0.2) is 0 Å². The van der Waals surface area contributed by atoms with Gasteiger partial charge in [0.05, 0.1) is 5.52 Å². The van der Waals surface area contributed by atoms with Crippen LogP contribution < -0.4 is 40.3 Å². The van der Waals surface area contributed by atoms with Gasteiger partial charge in [-0.15, -0.1) is 0 Å². The molecule has 1 amide bonds. The molecule has 7 nitrogen and oxygen atoms in total. The zero-order chi connectivity index (χ0) is 19.8. The second-order valence-electron chi connectivity index (χ2n) is 7.80. The normalized spacial score (nSPS) is 12.5. The van der Waals surface area contributed by atoms with Crippen LogP contribution in [0.1, 0.15) is 50.1 Å². The maximum atomic E-state index is 12.5. The van der Waals surface area contributed by atoms with E-state index in [0.717, 1.165) is 23.1 Å². The van der Waals surface area contributed by atoms with Gasteiger partial charge in [-0.25, -0.2) is 9.59 Å². The molecule has 0 spiro atoms. The molecular formula is C20H25N2NaO5. The molecule has 2 N–H and O–H groups in total. The number of aryl methyl sites for hydroxylation is 3. The van der Waals surface area contributed by atoms with E-state index in [9.17, 15) is 19.5 Å². The molecule has 2 aromatic rings. The van der Waals surface area contributed by atoms with Crippen LogP contribution in [0.2, 0.25) is 0 Å². The van der Waals surface area contributed by atoms with E-state index in [1.165, 1.54) is 6.20 Å². The maximum Gasteiger partial charge on any atom is 1.00 e. The van der Waals surface area contributed by atoms with Crippen molar-refractivity contribution in [2.45, 2.75) is 52.2 Å². The monoisotopic (exact) mass is 396 g/mol. The summed E-state index contributed by atoms with van der Waals surface area (Å²) in [5.41, 5.74) is 1.70. The Hall–Kier alpha value is -1.83. The number of hydrogen-bond donors (Lipinski definition) is 2. The van der Waals surface area contributed by atoms with E-state index in [-0.39, 0.29) is 36.5 Å². The minimum absolute atomic E-state index is 0. The molecule has 0 saturated heterocycles. The number of rotatable bonds is 5. The third-order valence-corrected chi connectivity index (χ3v) is 4.47. The molecule has 1 aliphatic heterocycles. The van der Waals surface area contributed by atoms with Crippen LogP contribution in [0.15, 0.2) is 23.1 Å². The van der Waals surface area contributed by atoms with E-state index in [1.807, 2.05) is 25.3 Å². The smallest absolute Gasteiger partial charge is 1.00 e. The number of carboxylic acids is 1. The van der Waals surface area contributed by atoms with Crippen LogP contribution in [0.25, 0.3) is 10.9 Å². The summed E-state index contributed by atoms with van der Waals surface area (Å²) in [6, 6.07) is 3.85. The first-order chi connectivity index (χ1) is 12.7. The fourth-order valence-electron chi connectivity index (χ4n) is 3.40. The molecule has 0 fully saturated rings. The van der Waals surface area contributed by atoms with Gasteiger partial charge in [0, 0.05) is 24.7 Å². The number of nitrogens with zero attached hydrogens (tertiary/aromatic N) is 1. The molecule has 0 bridgehead atoms. The summed E-state index contributed by atoms with van der Waals surface area (Å²) >= 11 is 0. The maximum absolute atomic E-state index is 12.5. The molecule has 0 unspecified atom stereocenters. The summed E-state index contributed by atoms with van der Waals surface area (Å²) < 4.78 is 7.04. The quantitative estimate of drug-likeness (QED) is 0.540. The second-order valence-corrected chi connectivity index (χ2v) is 7.80. The number of amides is 1. The number of alkyl carbamates (subject to hydrolysis) is 1. The molecule has 1 aromatic heterocycles. The van der Waals surface area contributed by atoms with Gasteiger partial charge in [-0.3, -0.25) is 4.79 Å². The van der Waals surface area contributed by atoms with Crippen LogP contribution in [0, 0.1) is 0 Å². The molecule has 146 valence electrons. The van der Waals surface area contributed by atoms with Gasteiger partial charge in [0.25, 0.3) is 0 Å². The Kier molecular flexibility index (Phi) is 6.96. The number of benzene rings is 1. The largest absolute Gasteiger partial charge is 1.00 e. The molecule has 0 radical (unpaired) electrons. The number of aromatic carboxylic acids is 1. The second kappa shape index (κ2) is 8.68. The van der Waals surface area contributed by atoms with Gasteiger partial charge in [-0.2, -0.15) is 0 Å². The standard InChI is InChI=1S/C20H24N2O5.Na.H/c1-20(2,3)27-19(26)21-7-4-5-12-9-13-6-8-22-11-15(18(24)25)17(23)14(10-12)16(13)22;;/h9-11H,4-8H2,1-3H3,(H,21,26)(H,24,25);;/q;+1;-1. The summed E-state index contributed by atoms with van der Waals surface area (Å²) in [5.74, 6) is -1.20. The Morgan fingerprint density at radius 1 is 1.32 bits per heavy atom. The molecule has 0 aliphatic carbocycles. The SMILES string of the molecule is CC(C)(C)OC(=O)NCCCc1cc2c3c(c1)c(=O)c(C(=O)O)cn3CC2.[H-].[Na+]. The number of ether oxygens (including phenoxy) is 1. The minimum Gasteiger partial charge on any atom is -1.00 e. The zero-order valence-corrected chi connectivity index (χ0v) is 18.8. The van der Waals surface area contributed by atoms with Crippen molar-refractivity contribution < 1.29 is 50.4 Å². The summed E-state index contributed by atoms with van der Waals surface area (Å²) in [6.45, 7) is 6.56. The molecule has 0 saturated carbocycles. The predicted octanol–water partition coefficient (Wildman–Crippen LogP) is -0.170. The molecule has 2 heterocycles. The average molecular weight is 396 g/mol. The van der Waals surface area contributed by atoms with E-state index in [2.05, 4.69) is 11.4 Å². The molecule has 3 rings (SSSR count). The minimum atomic E-state index is -1.20. The molecule has 1 aliphatic rings. The number of carbonyl (C=O) groups excluding carboxylic acids is 1. The summed E-state index contributed by atoms with van der Waals surface area (Å²) in [7, 11) is 0. The predicted molar refractivity (Wildman–Crippen MR) is 103 cm³/mol. The Labute approximate surface area is 186 Å². The average Bonchev–Trinajstić information content (AvgIpc) is 2.96. The Morgan fingerprint density at radius 2 is 2.04 bits per heavy atom. The number of carboxylic acid groups (broad SMARTS) is 1. The van der Waals surface area contributed by atoms with Crippen LogP contribution >= 0.6 is 0 Å². The van der Waals surface area contributed by atoms with Crippen molar-refractivity contribution in [1.82, 2.24) is 9.88 Å². The van der Waals surface area contributed by atoms with Gasteiger partial charge in [-0.1, -0.05) is 6.07 Å². The van der Waals surface area contributed by atoms with Gasteiger partial charge >= 0.3 is 41.6 Å². The Morgan fingerprint density at radius 3 is 2.68 bits per heavy atom. The number of carbonyl (C=O) groups is 2. The number of nitrogens with one attached hydrogen (secondary N) is 1. The van der Waals surface area contributed by atoms with E-state index < -0.39 is 23.1 Å². The first-order valence-electron chi connectivity index (χ1n) is 9.05. The molecule has 8 heteroatoms. The van der Waals surface area contributed by atoms with Gasteiger partial charge in [0.1, 0.15) is 11.2 Å². The fourth-order valence-corrected chi connectivity index (χ4v) is 3.40. The van der Waals surface area contributed by atoms with Crippen molar-refractivity contribution in [3.05, 3.63) is 45.2 Å². The molecule has 28 heavy (non-hydrogen) atoms. The fraction of sp³-hybridized carbons (Fsp3) is 0.450. The first-order valence-corrected chi connectivity index (χ1v) is 9.05. The van der Waals surface area contributed by atoms with Crippen LogP contribution in [0.5, 0.6) is 0 Å². The van der Waals surface area contributed by atoms with E-state index in [4.69, 9.17) is 4.74 Å². The zero-order valence-electron chi connectivity index (χ0n) is 17.8. The van der Waals surface area contributed by atoms with Crippen molar-refractivity contribution in [3.8, 4) is 0 Å². The van der Waals surface area contributed by atoms with Gasteiger partial charge < -0.3 is 21.2 Å². The molecular weight excluding hydrogens is 371 g/mol. The van der Waals surface area contributed by atoms with Gasteiger partial charge in [-0.05, 0) is 57.2 Å². The number of aromatic nitrogens is 1. The third kappa shape index (κ3) is 4.96. The van der Waals surface area contributed by atoms with Gasteiger partial charge in [0.2, 0.25) is 5.43 Å². The summed E-state index contributed by atoms with van der Waals surface area (Å²) in [5, 5.41) is 12.4. The number of pyridine rings is 1. The topological polar surface area (TPSA) is 97.6 Å². The molecule has 0 atom stereocenters. The van der Waals surface area contributed by atoms with E-state index in [1.54, 1.807) is 6.07 Å². The Bertz CT molecular complexity index is 981. The van der Waals surface area contributed by atoms with Crippen molar-refractivity contribution in [1.29, 1.82) is 0 Å². The third-order valence-electron chi connectivity index (χ3n) is 4.47.